The van der Waals surface area contributed by atoms with Crippen LogP contribution in [-0.2, 0) is 14.8 Å². The number of carbonyl (C=O) groups excluding carboxylic acids is 1. The number of halogens is 1. The molecule has 0 aliphatic rings. The summed E-state index contributed by atoms with van der Waals surface area (Å²) in [5.74, 6) is 0. The molecule has 0 spiro atoms. The molecule has 12 heavy (non-hydrogen) atoms. The lowest BCUT2D eigenvalue weighted by molar-refractivity contribution is -0.108. The van der Waals surface area contributed by atoms with Gasteiger partial charge in [0.25, 0.3) is 10.0 Å². The third-order valence-corrected chi connectivity index (χ3v) is 3.67. The topological polar surface area (TPSA) is 63.2 Å². The van der Waals surface area contributed by atoms with Crippen LogP contribution in [0.15, 0.2) is 16.3 Å². The van der Waals surface area contributed by atoms with Crippen LogP contribution in [0.4, 0.5) is 4.39 Å². The summed E-state index contributed by atoms with van der Waals surface area (Å²) >= 11 is 0.459. The van der Waals surface area contributed by atoms with Gasteiger partial charge >= 0.3 is 0 Å². The first kappa shape index (κ1) is 9.14. The molecule has 0 fully saturated rings. The minimum atomic E-state index is -3.83. The molecule has 1 aromatic rings. The van der Waals surface area contributed by atoms with E-state index in [1.807, 2.05) is 0 Å². The third-order valence-electron chi connectivity index (χ3n) is 1.02. The van der Waals surface area contributed by atoms with Crippen molar-refractivity contribution in [2.24, 2.45) is 0 Å². The standard InChI is InChI=1S/C5H4FNO3S2/c6-4-1-2-5(11-4)12(9,10)7-3-8/h1-3H,(H,7,8). The lowest BCUT2D eigenvalue weighted by Crippen LogP contribution is -2.20. The van der Waals surface area contributed by atoms with E-state index in [9.17, 15) is 17.6 Å². The van der Waals surface area contributed by atoms with E-state index in [4.69, 9.17) is 0 Å². The monoisotopic (exact) mass is 209 g/mol. The van der Waals surface area contributed by atoms with Crippen molar-refractivity contribution >= 4 is 27.8 Å². The lowest BCUT2D eigenvalue weighted by atomic mass is 10.7. The number of sulfonamides is 1. The first-order valence-electron chi connectivity index (χ1n) is 2.77. The molecule has 0 saturated carbocycles. The van der Waals surface area contributed by atoms with E-state index in [0.29, 0.717) is 11.3 Å². The van der Waals surface area contributed by atoms with Crippen LogP contribution in [0.2, 0.25) is 0 Å². The van der Waals surface area contributed by atoms with Gasteiger partial charge in [0.05, 0.1) is 0 Å². The van der Waals surface area contributed by atoms with Gasteiger partial charge in [-0.2, -0.15) is 4.39 Å². The van der Waals surface area contributed by atoms with E-state index in [0.717, 1.165) is 12.1 Å². The molecule has 1 aromatic heterocycles. The van der Waals surface area contributed by atoms with Gasteiger partial charge in [0.1, 0.15) is 4.21 Å². The maximum atomic E-state index is 12.3. The Balaban J connectivity index is 3.06. The van der Waals surface area contributed by atoms with Crippen molar-refractivity contribution in [3.05, 3.63) is 17.3 Å². The maximum Gasteiger partial charge on any atom is 0.273 e. The number of amides is 1. The average Bonchev–Trinajstić information content (AvgIpc) is 2.36. The maximum absolute atomic E-state index is 12.3. The fourth-order valence-corrected chi connectivity index (χ4v) is 2.34. The Morgan fingerprint density at radius 3 is 2.58 bits per heavy atom. The highest BCUT2D eigenvalue weighted by Crippen LogP contribution is 2.18. The van der Waals surface area contributed by atoms with Crippen LogP contribution in [-0.4, -0.2) is 14.8 Å². The van der Waals surface area contributed by atoms with Crippen molar-refractivity contribution in [3.8, 4) is 0 Å². The fraction of sp³-hybridized carbons (Fsp3) is 0. The molecule has 1 heterocycles. The second-order valence-corrected chi connectivity index (χ2v) is 4.77. The fourth-order valence-electron chi connectivity index (χ4n) is 0.564. The second kappa shape index (κ2) is 3.20. The number of rotatable bonds is 3. The predicted molar refractivity (Wildman–Crippen MR) is 40.7 cm³/mol. The van der Waals surface area contributed by atoms with Crippen molar-refractivity contribution in [2.75, 3.05) is 0 Å². The first-order chi connectivity index (χ1) is 5.56. The molecule has 1 amide bonds. The van der Waals surface area contributed by atoms with Crippen molar-refractivity contribution in [1.29, 1.82) is 0 Å². The summed E-state index contributed by atoms with van der Waals surface area (Å²) in [6.07, 6.45) is 0.0347. The van der Waals surface area contributed by atoms with Crippen molar-refractivity contribution < 1.29 is 17.6 Å². The Bertz CT molecular complexity index is 383. The number of thiophene rings is 1. The molecule has 1 N–H and O–H groups in total. The quantitative estimate of drug-likeness (QED) is 0.729. The zero-order valence-electron chi connectivity index (χ0n) is 5.65. The van der Waals surface area contributed by atoms with Gasteiger partial charge in [-0.15, -0.1) is 0 Å². The van der Waals surface area contributed by atoms with E-state index in [2.05, 4.69) is 0 Å². The SMILES string of the molecule is O=CNS(=O)(=O)c1ccc(F)s1. The van der Waals surface area contributed by atoms with E-state index >= 15 is 0 Å². The number of carbonyl (C=O) groups is 1. The van der Waals surface area contributed by atoms with Gasteiger partial charge in [-0.3, -0.25) is 9.52 Å². The molecule has 0 radical (unpaired) electrons. The second-order valence-electron chi connectivity index (χ2n) is 1.80. The van der Waals surface area contributed by atoms with E-state index in [1.165, 1.54) is 0 Å². The number of hydrogen-bond acceptors (Lipinski definition) is 4. The van der Waals surface area contributed by atoms with Gasteiger partial charge in [0.2, 0.25) is 6.41 Å². The molecule has 0 bridgehead atoms. The van der Waals surface area contributed by atoms with Crippen LogP contribution in [0.5, 0.6) is 0 Å². The first-order valence-corrected chi connectivity index (χ1v) is 5.07. The summed E-state index contributed by atoms with van der Waals surface area (Å²) in [5.41, 5.74) is 0. The smallest absolute Gasteiger partial charge is 0.273 e. The van der Waals surface area contributed by atoms with Gasteiger partial charge in [-0.05, 0) is 12.1 Å². The molecule has 0 aromatic carbocycles. The highest BCUT2D eigenvalue weighted by Gasteiger charge is 2.15. The van der Waals surface area contributed by atoms with Gasteiger partial charge in [0, 0.05) is 0 Å². The molecule has 7 heteroatoms. The lowest BCUT2D eigenvalue weighted by Gasteiger charge is -1.95. The van der Waals surface area contributed by atoms with Crippen molar-refractivity contribution in [3.63, 3.8) is 0 Å². The third kappa shape index (κ3) is 1.80. The molecule has 1 rings (SSSR count). The average molecular weight is 209 g/mol. The number of nitrogens with one attached hydrogen (secondary N) is 1. The summed E-state index contributed by atoms with van der Waals surface area (Å²) in [7, 11) is -3.83. The Labute approximate surface area is 72.1 Å². The van der Waals surface area contributed by atoms with E-state index in [1.54, 1.807) is 4.72 Å². The minimum Gasteiger partial charge on any atom is -0.278 e. The molecule has 0 aliphatic heterocycles. The normalized spacial score (nSPS) is 11.1. The zero-order valence-corrected chi connectivity index (χ0v) is 7.28. The minimum absolute atomic E-state index is 0.0347. The Morgan fingerprint density at radius 2 is 2.17 bits per heavy atom. The zero-order chi connectivity index (χ0) is 9.19. The Morgan fingerprint density at radius 1 is 1.50 bits per heavy atom. The summed E-state index contributed by atoms with van der Waals surface area (Å²) in [6.45, 7) is 0. The van der Waals surface area contributed by atoms with Crippen LogP contribution >= 0.6 is 11.3 Å². The van der Waals surface area contributed by atoms with Crippen LogP contribution in [0.3, 0.4) is 0 Å². The number of hydrogen-bond donors (Lipinski definition) is 1. The highest BCUT2D eigenvalue weighted by molar-refractivity contribution is 7.92. The predicted octanol–water partition coefficient (Wildman–Crippen LogP) is 0.322. The molecule has 0 saturated heterocycles. The highest BCUT2D eigenvalue weighted by atomic mass is 32.2. The molecule has 66 valence electrons. The van der Waals surface area contributed by atoms with E-state index < -0.39 is 15.2 Å². The van der Waals surface area contributed by atoms with Crippen molar-refractivity contribution in [2.45, 2.75) is 4.21 Å². The van der Waals surface area contributed by atoms with Crippen LogP contribution in [0.25, 0.3) is 0 Å². The Kier molecular flexibility index (Phi) is 2.43. The molecule has 0 aliphatic carbocycles. The summed E-state index contributed by atoms with van der Waals surface area (Å²) < 4.78 is 35.6. The van der Waals surface area contributed by atoms with Gasteiger partial charge in [-0.25, -0.2) is 8.42 Å². The molecule has 0 atom stereocenters. The summed E-state index contributed by atoms with van der Waals surface area (Å²) in [4.78, 5) is 9.82. The van der Waals surface area contributed by atoms with Gasteiger partial charge in [-0.1, -0.05) is 11.3 Å². The largest absolute Gasteiger partial charge is 0.278 e. The molecule has 4 nitrogen and oxygen atoms in total. The van der Waals surface area contributed by atoms with Gasteiger partial charge < -0.3 is 0 Å². The Hall–Kier alpha value is -0.950. The van der Waals surface area contributed by atoms with Crippen LogP contribution < -0.4 is 4.72 Å². The molecular weight excluding hydrogens is 205 g/mol. The summed E-state index contributed by atoms with van der Waals surface area (Å²) in [5, 5.41) is -0.610. The van der Waals surface area contributed by atoms with Crippen LogP contribution in [0.1, 0.15) is 0 Å². The van der Waals surface area contributed by atoms with Gasteiger partial charge in [0.15, 0.2) is 5.13 Å². The van der Waals surface area contributed by atoms with E-state index in [-0.39, 0.29) is 10.6 Å². The summed E-state index contributed by atoms with van der Waals surface area (Å²) in [6, 6.07) is 2.11. The van der Waals surface area contributed by atoms with Crippen molar-refractivity contribution in [1.82, 2.24) is 4.72 Å². The molecule has 0 unspecified atom stereocenters. The van der Waals surface area contributed by atoms with Crippen LogP contribution in [0, 0.1) is 5.13 Å². The molecular formula is C5H4FNO3S2.